The van der Waals surface area contributed by atoms with E-state index in [9.17, 15) is 22.7 Å². The van der Waals surface area contributed by atoms with Crippen molar-refractivity contribution in [1.82, 2.24) is 4.72 Å². The Kier molecular flexibility index (Phi) is 4.51. The zero-order valence-corrected chi connectivity index (χ0v) is 11.3. The molecule has 3 N–H and O–H groups in total. The third-order valence-corrected chi connectivity index (χ3v) is 4.13. The third-order valence-electron chi connectivity index (χ3n) is 2.25. The topological polar surface area (TPSA) is 104 Å². The molecule has 19 heavy (non-hydrogen) atoms. The first-order valence-electron chi connectivity index (χ1n) is 4.97. The van der Waals surface area contributed by atoms with Gasteiger partial charge in [-0.2, -0.15) is 0 Å². The van der Waals surface area contributed by atoms with Crippen molar-refractivity contribution in [3.05, 3.63) is 29.0 Å². The standard InChI is InChI=1S/C10H11ClFNO5S/c1-10(16,9(14)15)5-13-19(17,18)8-4-6(12)2-3-7(8)11/h2-4,13,16H,5H2,1H3,(H,14,15). The molecule has 0 aromatic heterocycles. The maximum absolute atomic E-state index is 13.0. The van der Waals surface area contributed by atoms with E-state index in [1.807, 2.05) is 4.72 Å². The van der Waals surface area contributed by atoms with Crippen molar-refractivity contribution in [3.8, 4) is 0 Å². The monoisotopic (exact) mass is 311 g/mol. The molecule has 0 amide bonds. The van der Waals surface area contributed by atoms with Crippen LogP contribution in [0, 0.1) is 5.82 Å². The van der Waals surface area contributed by atoms with E-state index in [4.69, 9.17) is 16.7 Å². The number of nitrogens with one attached hydrogen (secondary N) is 1. The summed E-state index contributed by atoms with van der Waals surface area (Å²) in [6.45, 7) is 0.141. The molecule has 0 bridgehead atoms. The molecule has 0 aliphatic carbocycles. The fraction of sp³-hybridized carbons (Fsp3) is 0.300. The van der Waals surface area contributed by atoms with Crippen molar-refractivity contribution in [2.45, 2.75) is 17.4 Å². The van der Waals surface area contributed by atoms with Gasteiger partial charge in [0.05, 0.1) is 11.6 Å². The van der Waals surface area contributed by atoms with Crippen molar-refractivity contribution in [1.29, 1.82) is 0 Å². The van der Waals surface area contributed by atoms with E-state index in [1.54, 1.807) is 0 Å². The van der Waals surface area contributed by atoms with Crippen molar-refractivity contribution >= 4 is 27.6 Å². The predicted octanol–water partition coefficient (Wildman–Crippen LogP) is 0.593. The Labute approximate surface area is 113 Å². The van der Waals surface area contributed by atoms with Crippen LogP contribution in [0.25, 0.3) is 0 Å². The molecule has 0 fully saturated rings. The van der Waals surface area contributed by atoms with Gasteiger partial charge < -0.3 is 10.2 Å². The van der Waals surface area contributed by atoms with Crippen LogP contribution in [-0.2, 0) is 14.8 Å². The number of aliphatic carboxylic acids is 1. The summed E-state index contributed by atoms with van der Waals surface area (Å²) in [5, 5.41) is 17.8. The van der Waals surface area contributed by atoms with Crippen LogP contribution in [0.2, 0.25) is 5.02 Å². The number of rotatable bonds is 5. The number of benzene rings is 1. The van der Waals surface area contributed by atoms with Crippen molar-refractivity contribution < 1.29 is 27.8 Å². The van der Waals surface area contributed by atoms with E-state index in [0.29, 0.717) is 6.07 Å². The van der Waals surface area contributed by atoms with E-state index >= 15 is 0 Å². The van der Waals surface area contributed by atoms with Gasteiger partial charge >= 0.3 is 5.97 Å². The summed E-state index contributed by atoms with van der Waals surface area (Å²) in [6.07, 6.45) is 0. The van der Waals surface area contributed by atoms with Gasteiger partial charge in [0, 0.05) is 0 Å². The fourth-order valence-corrected chi connectivity index (χ4v) is 2.71. The maximum atomic E-state index is 13.0. The quantitative estimate of drug-likeness (QED) is 0.738. The highest BCUT2D eigenvalue weighted by molar-refractivity contribution is 7.89. The molecule has 0 spiro atoms. The molecule has 1 atom stereocenters. The minimum Gasteiger partial charge on any atom is -0.479 e. The van der Waals surface area contributed by atoms with Gasteiger partial charge in [-0.3, -0.25) is 0 Å². The Hall–Kier alpha value is -1.22. The van der Waals surface area contributed by atoms with Crippen LogP contribution in [0.15, 0.2) is 23.1 Å². The van der Waals surface area contributed by atoms with E-state index < -0.39 is 38.9 Å². The van der Waals surface area contributed by atoms with Gasteiger partial charge in [-0.15, -0.1) is 0 Å². The summed E-state index contributed by atoms with van der Waals surface area (Å²) in [5.41, 5.74) is -2.28. The number of carboxylic acids is 1. The lowest BCUT2D eigenvalue weighted by atomic mass is 10.1. The first-order chi connectivity index (χ1) is 8.56. The molecular formula is C10H11ClFNO5S. The smallest absolute Gasteiger partial charge is 0.336 e. The zero-order chi connectivity index (χ0) is 14.8. The zero-order valence-electron chi connectivity index (χ0n) is 9.72. The minimum atomic E-state index is -4.23. The van der Waals surface area contributed by atoms with E-state index in [-0.39, 0.29) is 5.02 Å². The number of hydrogen-bond acceptors (Lipinski definition) is 4. The number of carbonyl (C=O) groups is 1. The lowest BCUT2D eigenvalue weighted by Gasteiger charge is -2.18. The summed E-state index contributed by atoms with van der Waals surface area (Å²) in [6, 6.07) is 2.73. The highest BCUT2D eigenvalue weighted by Gasteiger charge is 2.32. The van der Waals surface area contributed by atoms with Crippen LogP contribution in [0.1, 0.15) is 6.92 Å². The molecule has 0 saturated carbocycles. The number of hydrogen-bond donors (Lipinski definition) is 3. The Morgan fingerprint density at radius 1 is 1.53 bits per heavy atom. The van der Waals surface area contributed by atoms with Crippen LogP contribution in [0.4, 0.5) is 4.39 Å². The summed E-state index contributed by atoms with van der Waals surface area (Å²) in [7, 11) is -4.23. The number of aliphatic hydroxyl groups is 1. The van der Waals surface area contributed by atoms with Crippen LogP contribution >= 0.6 is 11.6 Å². The van der Waals surface area contributed by atoms with E-state index in [0.717, 1.165) is 19.1 Å². The third kappa shape index (κ3) is 3.87. The lowest BCUT2D eigenvalue weighted by Crippen LogP contribution is -2.46. The van der Waals surface area contributed by atoms with Crippen molar-refractivity contribution in [2.24, 2.45) is 0 Å². The van der Waals surface area contributed by atoms with Gasteiger partial charge in [0.25, 0.3) is 0 Å². The van der Waals surface area contributed by atoms with Gasteiger partial charge in [-0.25, -0.2) is 22.3 Å². The molecule has 1 rings (SSSR count). The first kappa shape index (κ1) is 15.8. The Morgan fingerprint density at radius 3 is 2.63 bits per heavy atom. The van der Waals surface area contributed by atoms with Crippen LogP contribution in [-0.4, -0.2) is 36.7 Å². The van der Waals surface area contributed by atoms with Gasteiger partial charge in [-0.05, 0) is 25.1 Å². The first-order valence-corrected chi connectivity index (χ1v) is 6.83. The molecule has 0 radical (unpaired) electrons. The van der Waals surface area contributed by atoms with Crippen LogP contribution < -0.4 is 4.72 Å². The molecule has 1 aromatic carbocycles. The number of halogens is 2. The molecule has 1 unspecified atom stereocenters. The molecule has 0 saturated heterocycles. The van der Waals surface area contributed by atoms with Crippen LogP contribution in [0.3, 0.4) is 0 Å². The predicted molar refractivity (Wildman–Crippen MR) is 64.9 cm³/mol. The van der Waals surface area contributed by atoms with E-state index in [1.165, 1.54) is 0 Å². The second-order valence-corrected chi connectivity index (χ2v) is 6.12. The molecule has 0 heterocycles. The molecule has 1 aromatic rings. The van der Waals surface area contributed by atoms with Gasteiger partial charge in [0.1, 0.15) is 10.7 Å². The fourth-order valence-electron chi connectivity index (χ4n) is 1.07. The lowest BCUT2D eigenvalue weighted by molar-refractivity contribution is -0.155. The minimum absolute atomic E-state index is 0.219. The molecule has 0 aliphatic rings. The highest BCUT2D eigenvalue weighted by Crippen LogP contribution is 2.22. The molecule has 0 aliphatic heterocycles. The Morgan fingerprint density at radius 2 is 2.11 bits per heavy atom. The van der Waals surface area contributed by atoms with Crippen molar-refractivity contribution in [2.75, 3.05) is 6.54 Å². The molecular weight excluding hydrogens is 301 g/mol. The number of sulfonamides is 1. The number of carboxylic acid groups (broad SMARTS) is 1. The average molecular weight is 312 g/mol. The van der Waals surface area contributed by atoms with Crippen LogP contribution in [0.5, 0.6) is 0 Å². The summed E-state index contributed by atoms with van der Waals surface area (Å²) in [4.78, 5) is 10.1. The normalized spacial score (nSPS) is 14.9. The highest BCUT2D eigenvalue weighted by atomic mass is 35.5. The van der Waals surface area contributed by atoms with Crippen molar-refractivity contribution in [3.63, 3.8) is 0 Å². The van der Waals surface area contributed by atoms with Gasteiger partial charge in [0.2, 0.25) is 10.0 Å². The van der Waals surface area contributed by atoms with Gasteiger partial charge in [-0.1, -0.05) is 11.6 Å². The molecule has 106 valence electrons. The second kappa shape index (κ2) is 5.41. The largest absolute Gasteiger partial charge is 0.479 e. The second-order valence-electron chi connectivity index (χ2n) is 3.98. The Balaban J connectivity index is 3.00. The van der Waals surface area contributed by atoms with E-state index in [2.05, 4.69) is 0 Å². The molecule has 9 heteroatoms. The Bertz CT molecular complexity index is 602. The molecule has 6 nitrogen and oxygen atoms in total. The average Bonchev–Trinajstić information content (AvgIpc) is 2.30. The maximum Gasteiger partial charge on any atom is 0.336 e. The SMILES string of the molecule is CC(O)(CNS(=O)(=O)c1cc(F)ccc1Cl)C(=O)O. The summed E-state index contributed by atoms with van der Waals surface area (Å²) in [5.74, 6) is -2.41. The summed E-state index contributed by atoms with van der Waals surface area (Å²) < 4.78 is 38.5. The van der Waals surface area contributed by atoms with Gasteiger partial charge in [0.15, 0.2) is 5.60 Å². The summed E-state index contributed by atoms with van der Waals surface area (Å²) >= 11 is 5.63.